The molecule has 1 aliphatic heterocycles. The van der Waals surface area contributed by atoms with Gasteiger partial charge in [-0.25, -0.2) is 0 Å². The van der Waals surface area contributed by atoms with Crippen LogP contribution in [0.25, 0.3) is 0 Å². The van der Waals surface area contributed by atoms with Crippen molar-refractivity contribution in [3.05, 3.63) is 0 Å². The Balaban J connectivity index is 2.27. The van der Waals surface area contributed by atoms with Crippen molar-refractivity contribution in [3.8, 4) is 0 Å². The number of nitrogens with one attached hydrogen (secondary N) is 1. The monoisotopic (exact) mass is 241 g/mol. The van der Waals surface area contributed by atoms with E-state index in [0.29, 0.717) is 0 Å². The highest BCUT2D eigenvalue weighted by molar-refractivity contribution is 5.79. The number of likely N-dealkylation sites (tertiary alicyclic amines) is 1. The Morgan fingerprint density at radius 2 is 2.35 bits per heavy atom. The van der Waals surface area contributed by atoms with Gasteiger partial charge in [-0.1, -0.05) is 13.8 Å². The third kappa shape index (κ3) is 5.50. The molecule has 0 bridgehead atoms. The van der Waals surface area contributed by atoms with Crippen molar-refractivity contribution in [2.24, 2.45) is 11.7 Å². The van der Waals surface area contributed by atoms with Crippen LogP contribution in [0.4, 0.5) is 0 Å². The van der Waals surface area contributed by atoms with E-state index in [4.69, 9.17) is 5.73 Å². The van der Waals surface area contributed by atoms with Crippen molar-refractivity contribution in [2.45, 2.75) is 45.6 Å². The number of nitrogens with two attached hydrogens (primary N) is 1. The van der Waals surface area contributed by atoms with Gasteiger partial charge in [0.2, 0.25) is 5.91 Å². The number of hydrogen-bond acceptors (Lipinski definition) is 3. The highest BCUT2D eigenvalue weighted by Gasteiger charge is 2.19. The second kappa shape index (κ2) is 7.67. The number of nitrogens with zero attached hydrogens (tertiary/aromatic N) is 1. The van der Waals surface area contributed by atoms with E-state index in [1.807, 2.05) is 0 Å². The predicted octanol–water partition coefficient (Wildman–Crippen LogP) is 0.962. The molecule has 100 valence electrons. The van der Waals surface area contributed by atoms with Gasteiger partial charge in [-0.3, -0.25) is 4.79 Å². The molecule has 17 heavy (non-hydrogen) atoms. The molecule has 2 atom stereocenters. The predicted molar refractivity (Wildman–Crippen MR) is 70.7 cm³/mol. The number of primary amides is 1. The van der Waals surface area contributed by atoms with Gasteiger partial charge in [-0.15, -0.1) is 0 Å². The van der Waals surface area contributed by atoms with Gasteiger partial charge in [0.15, 0.2) is 0 Å². The molecule has 4 nitrogen and oxygen atoms in total. The fourth-order valence-corrected chi connectivity index (χ4v) is 2.46. The molecule has 1 fully saturated rings. The smallest absolute Gasteiger partial charge is 0.234 e. The number of piperidine rings is 1. The fourth-order valence-electron chi connectivity index (χ4n) is 2.46. The summed E-state index contributed by atoms with van der Waals surface area (Å²) in [7, 11) is 0. The van der Waals surface area contributed by atoms with Crippen LogP contribution < -0.4 is 11.1 Å². The van der Waals surface area contributed by atoms with Crippen molar-refractivity contribution in [1.29, 1.82) is 0 Å². The summed E-state index contributed by atoms with van der Waals surface area (Å²) in [6, 6.07) is -0.160. The third-order valence-electron chi connectivity index (χ3n) is 3.46. The summed E-state index contributed by atoms with van der Waals surface area (Å²) >= 11 is 0. The lowest BCUT2D eigenvalue weighted by molar-refractivity contribution is -0.120. The highest BCUT2D eigenvalue weighted by atomic mass is 16.1. The molecule has 0 saturated carbocycles. The summed E-state index contributed by atoms with van der Waals surface area (Å²) in [6.45, 7) is 8.58. The van der Waals surface area contributed by atoms with Gasteiger partial charge in [0.05, 0.1) is 6.04 Å². The van der Waals surface area contributed by atoms with Gasteiger partial charge in [0.25, 0.3) is 0 Å². The van der Waals surface area contributed by atoms with E-state index in [2.05, 4.69) is 24.1 Å². The number of rotatable bonds is 7. The number of carbonyl (C=O) groups is 1. The largest absolute Gasteiger partial charge is 0.368 e. The van der Waals surface area contributed by atoms with Crippen molar-refractivity contribution >= 4 is 5.91 Å². The highest BCUT2D eigenvalue weighted by Crippen LogP contribution is 2.15. The van der Waals surface area contributed by atoms with Crippen LogP contribution in [-0.2, 0) is 4.79 Å². The summed E-state index contributed by atoms with van der Waals surface area (Å²) in [4.78, 5) is 13.7. The van der Waals surface area contributed by atoms with Gasteiger partial charge < -0.3 is 16.0 Å². The van der Waals surface area contributed by atoms with Crippen molar-refractivity contribution in [1.82, 2.24) is 10.2 Å². The van der Waals surface area contributed by atoms with E-state index in [-0.39, 0.29) is 11.9 Å². The average molecular weight is 241 g/mol. The molecule has 0 aliphatic carbocycles. The van der Waals surface area contributed by atoms with Crippen LogP contribution in [0.3, 0.4) is 0 Å². The molecule has 0 aromatic heterocycles. The molecular formula is C13H27N3O. The van der Waals surface area contributed by atoms with E-state index < -0.39 is 0 Å². The Hall–Kier alpha value is -0.610. The Morgan fingerprint density at radius 3 is 2.94 bits per heavy atom. The minimum atomic E-state index is -0.219. The number of carbonyl (C=O) groups excluding carboxylic acids is 1. The van der Waals surface area contributed by atoms with Crippen LogP contribution in [0.1, 0.15) is 39.5 Å². The van der Waals surface area contributed by atoms with E-state index in [0.717, 1.165) is 31.8 Å². The molecule has 2 unspecified atom stereocenters. The molecule has 1 saturated heterocycles. The molecule has 0 aromatic rings. The summed E-state index contributed by atoms with van der Waals surface area (Å²) in [5.74, 6) is 0.572. The fraction of sp³-hybridized carbons (Fsp3) is 0.923. The first-order valence-corrected chi connectivity index (χ1v) is 6.88. The van der Waals surface area contributed by atoms with Crippen LogP contribution in [0, 0.1) is 5.92 Å². The van der Waals surface area contributed by atoms with Crippen LogP contribution in [-0.4, -0.2) is 43.0 Å². The molecule has 0 aromatic carbocycles. The van der Waals surface area contributed by atoms with Gasteiger partial charge >= 0.3 is 0 Å². The summed E-state index contributed by atoms with van der Waals surface area (Å²) in [5, 5.41) is 3.22. The minimum Gasteiger partial charge on any atom is -0.368 e. The van der Waals surface area contributed by atoms with Crippen LogP contribution in [0.2, 0.25) is 0 Å². The van der Waals surface area contributed by atoms with Crippen LogP contribution in [0.5, 0.6) is 0 Å². The topological polar surface area (TPSA) is 58.4 Å². The van der Waals surface area contributed by atoms with Crippen molar-refractivity contribution in [2.75, 3.05) is 26.2 Å². The zero-order valence-electron chi connectivity index (χ0n) is 11.2. The minimum absolute atomic E-state index is 0.160. The maximum absolute atomic E-state index is 11.3. The number of amides is 1. The van der Waals surface area contributed by atoms with E-state index in [1.165, 1.54) is 25.9 Å². The lowest BCUT2D eigenvalue weighted by atomic mass is 10.00. The molecule has 0 radical (unpaired) electrons. The molecule has 3 N–H and O–H groups in total. The van der Waals surface area contributed by atoms with Crippen LogP contribution in [0.15, 0.2) is 0 Å². The molecule has 0 spiro atoms. The third-order valence-corrected chi connectivity index (χ3v) is 3.46. The molecule has 1 rings (SSSR count). The summed E-state index contributed by atoms with van der Waals surface area (Å²) in [5.41, 5.74) is 5.40. The van der Waals surface area contributed by atoms with Crippen molar-refractivity contribution < 1.29 is 4.79 Å². The maximum Gasteiger partial charge on any atom is 0.234 e. The quantitative estimate of drug-likeness (QED) is 0.698. The standard InChI is InChI=1S/C13H27N3O/c1-3-7-15-12(13(14)17)6-9-16-8-4-5-11(2)10-16/h11-12,15H,3-10H2,1-2H3,(H2,14,17). The SMILES string of the molecule is CCCNC(CCN1CCCC(C)C1)C(N)=O. The van der Waals surface area contributed by atoms with Crippen molar-refractivity contribution in [3.63, 3.8) is 0 Å². The molecule has 1 heterocycles. The second-order valence-electron chi connectivity index (χ2n) is 5.25. The molecule has 1 aliphatic rings. The molecule has 4 heteroatoms. The number of hydrogen-bond donors (Lipinski definition) is 2. The zero-order valence-corrected chi connectivity index (χ0v) is 11.2. The van der Waals surface area contributed by atoms with Gasteiger partial charge in [-0.05, 0) is 44.7 Å². The van der Waals surface area contributed by atoms with Crippen LogP contribution >= 0.6 is 0 Å². The van der Waals surface area contributed by atoms with Gasteiger partial charge in [0.1, 0.15) is 0 Å². The van der Waals surface area contributed by atoms with E-state index in [1.54, 1.807) is 0 Å². The lowest BCUT2D eigenvalue weighted by Gasteiger charge is -2.31. The normalized spacial score (nSPS) is 23.5. The Bertz CT molecular complexity index is 233. The second-order valence-corrected chi connectivity index (χ2v) is 5.25. The Morgan fingerprint density at radius 1 is 1.59 bits per heavy atom. The average Bonchev–Trinajstić information content (AvgIpc) is 2.28. The Labute approximate surface area is 105 Å². The Kier molecular flexibility index (Phi) is 6.52. The lowest BCUT2D eigenvalue weighted by Crippen LogP contribution is -2.45. The maximum atomic E-state index is 11.3. The summed E-state index contributed by atoms with van der Waals surface area (Å²) < 4.78 is 0. The first kappa shape index (κ1) is 14.5. The van der Waals surface area contributed by atoms with E-state index in [9.17, 15) is 4.79 Å². The first-order valence-electron chi connectivity index (χ1n) is 6.88. The molecular weight excluding hydrogens is 214 g/mol. The zero-order chi connectivity index (χ0) is 12.7. The first-order chi connectivity index (χ1) is 8.13. The van der Waals surface area contributed by atoms with Gasteiger partial charge in [-0.2, -0.15) is 0 Å². The summed E-state index contributed by atoms with van der Waals surface area (Å²) in [6.07, 6.45) is 4.49. The van der Waals surface area contributed by atoms with Gasteiger partial charge in [0, 0.05) is 13.1 Å². The molecule has 1 amide bonds. The van der Waals surface area contributed by atoms with E-state index >= 15 is 0 Å².